The third-order valence-electron chi connectivity index (χ3n) is 4.80. The van der Waals surface area contributed by atoms with E-state index in [4.69, 9.17) is 4.42 Å². The second-order valence-corrected chi connectivity index (χ2v) is 6.14. The van der Waals surface area contributed by atoms with Crippen molar-refractivity contribution in [3.8, 4) is 0 Å². The summed E-state index contributed by atoms with van der Waals surface area (Å²) in [6.45, 7) is 5.89. The van der Waals surface area contributed by atoms with Gasteiger partial charge in [0.2, 0.25) is 0 Å². The van der Waals surface area contributed by atoms with Crippen LogP contribution in [0.2, 0.25) is 0 Å². The minimum atomic E-state index is 0. The number of benzene rings is 1. The zero-order valence-electron chi connectivity index (χ0n) is 11.6. The molecule has 1 aromatic carbocycles. The lowest BCUT2D eigenvalue weighted by atomic mass is 9.86. The highest BCUT2D eigenvalue weighted by atomic mass is 35.5. The van der Waals surface area contributed by atoms with Crippen molar-refractivity contribution in [2.75, 3.05) is 26.2 Å². The van der Waals surface area contributed by atoms with Gasteiger partial charge in [0.1, 0.15) is 5.58 Å². The molecule has 1 aromatic heterocycles. The molecule has 2 aliphatic heterocycles. The average Bonchev–Trinajstić information content (AvgIpc) is 3.14. The Morgan fingerprint density at radius 1 is 1.25 bits per heavy atom. The SMILES string of the molecule is Cl.c1ccc2c(CN3CCC4(CCNC4)C3)coc2c1. The van der Waals surface area contributed by atoms with Gasteiger partial charge >= 0.3 is 0 Å². The fraction of sp³-hybridized carbons (Fsp3) is 0.500. The minimum absolute atomic E-state index is 0. The fourth-order valence-corrected chi connectivity index (χ4v) is 3.70. The van der Waals surface area contributed by atoms with Crippen LogP contribution < -0.4 is 5.32 Å². The first-order valence-electron chi connectivity index (χ1n) is 7.23. The monoisotopic (exact) mass is 292 g/mol. The van der Waals surface area contributed by atoms with Gasteiger partial charge in [0.15, 0.2) is 0 Å². The first kappa shape index (κ1) is 13.9. The average molecular weight is 293 g/mol. The minimum Gasteiger partial charge on any atom is -0.464 e. The van der Waals surface area contributed by atoms with Crippen molar-refractivity contribution in [2.24, 2.45) is 5.41 Å². The van der Waals surface area contributed by atoms with E-state index in [-0.39, 0.29) is 12.4 Å². The quantitative estimate of drug-likeness (QED) is 0.922. The van der Waals surface area contributed by atoms with Crippen LogP contribution in [0.4, 0.5) is 0 Å². The topological polar surface area (TPSA) is 28.4 Å². The van der Waals surface area contributed by atoms with Crippen LogP contribution in [-0.2, 0) is 6.54 Å². The van der Waals surface area contributed by atoms with Crippen LogP contribution >= 0.6 is 12.4 Å². The van der Waals surface area contributed by atoms with Crippen molar-refractivity contribution in [3.63, 3.8) is 0 Å². The second-order valence-electron chi connectivity index (χ2n) is 6.14. The van der Waals surface area contributed by atoms with Crippen molar-refractivity contribution in [2.45, 2.75) is 19.4 Å². The van der Waals surface area contributed by atoms with E-state index >= 15 is 0 Å². The number of hydrogen-bond donors (Lipinski definition) is 1. The predicted octanol–water partition coefficient (Wildman–Crippen LogP) is 3.04. The molecule has 20 heavy (non-hydrogen) atoms. The molecule has 2 saturated heterocycles. The van der Waals surface area contributed by atoms with Gasteiger partial charge in [0.05, 0.1) is 6.26 Å². The van der Waals surface area contributed by atoms with Crippen LogP contribution in [0.25, 0.3) is 11.0 Å². The number of rotatable bonds is 2. The van der Waals surface area contributed by atoms with Crippen LogP contribution in [0.5, 0.6) is 0 Å². The van der Waals surface area contributed by atoms with Crippen LogP contribution in [0.3, 0.4) is 0 Å². The predicted molar refractivity (Wildman–Crippen MR) is 83.3 cm³/mol. The summed E-state index contributed by atoms with van der Waals surface area (Å²) in [5.41, 5.74) is 2.90. The second kappa shape index (κ2) is 5.40. The maximum atomic E-state index is 5.64. The zero-order valence-corrected chi connectivity index (χ0v) is 12.4. The fourth-order valence-electron chi connectivity index (χ4n) is 3.70. The molecule has 1 N–H and O–H groups in total. The van der Waals surface area contributed by atoms with E-state index in [1.807, 2.05) is 18.4 Å². The van der Waals surface area contributed by atoms with Crippen molar-refractivity contribution < 1.29 is 4.42 Å². The molecule has 0 radical (unpaired) electrons. The number of hydrogen-bond acceptors (Lipinski definition) is 3. The zero-order chi connectivity index (χ0) is 12.7. The summed E-state index contributed by atoms with van der Waals surface area (Å²) in [7, 11) is 0. The molecule has 0 saturated carbocycles. The molecule has 2 aromatic rings. The largest absolute Gasteiger partial charge is 0.464 e. The lowest BCUT2D eigenvalue weighted by Crippen LogP contribution is -2.28. The van der Waals surface area contributed by atoms with Gasteiger partial charge in [-0.25, -0.2) is 0 Å². The molecule has 1 unspecified atom stereocenters. The third-order valence-corrected chi connectivity index (χ3v) is 4.80. The Bertz CT molecular complexity index is 589. The number of likely N-dealkylation sites (tertiary alicyclic amines) is 1. The molecule has 3 nitrogen and oxygen atoms in total. The number of fused-ring (bicyclic) bond motifs is 1. The highest BCUT2D eigenvalue weighted by molar-refractivity contribution is 5.85. The summed E-state index contributed by atoms with van der Waals surface area (Å²) in [4.78, 5) is 2.59. The molecule has 1 atom stereocenters. The van der Waals surface area contributed by atoms with Gasteiger partial charge in [-0.05, 0) is 37.4 Å². The Morgan fingerprint density at radius 3 is 3.00 bits per heavy atom. The van der Waals surface area contributed by atoms with Gasteiger partial charge in [-0.2, -0.15) is 0 Å². The summed E-state index contributed by atoms with van der Waals surface area (Å²) in [5, 5.41) is 4.79. The first-order chi connectivity index (χ1) is 9.35. The Kier molecular flexibility index (Phi) is 3.76. The van der Waals surface area contributed by atoms with Gasteiger partial charge < -0.3 is 9.73 Å². The molecule has 2 aliphatic rings. The molecule has 1 spiro atoms. The number of halogens is 1. The van der Waals surface area contributed by atoms with E-state index < -0.39 is 0 Å². The highest BCUT2D eigenvalue weighted by Gasteiger charge is 2.40. The van der Waals surface area contributed by atoms with Crippen LogP contribution in [0.15, 0.2) is 34.9 Å². The Hall–Kier alpha value is -1.03. The van der Waals surface area contributed by atoms with Crippen molar-refractivity contribution >= 4 is 23.4 Å². The lowest BCUT2D eigenvalue weighted by Gasteiger charge is -2.22. The number of nitrogens with zero attached hydrogens (tertiary/aromatic N) is 1. The van der Waals surface area contributed by atoms with E-state index in [1.165, 1.54) is 50.0 Å². The van der Waals surface area contributed by atoms with Gasteiger partial charge in [-0.1, -0.05) is 18.2 Å². The first-order valence-corrected chi connectivity index (χ1v) is 7.23. The van der Waals surface area contributed by atoms with E-state index in [2.05, 4.69) is 22.3 Å². The van der Waals surface area contributed by atoms with E-state index in [1.54, 1.807) is 0 Å². The third kappa shape index (κ3) is 2.34. The highest BCUT2D eigenvalue weighted by Crippen LogP contribution is 2.37. The maximum absolute atomic E-state index is 5.64. The van der Waals surface area contributed by atoms with E-state index in [0.717, 1.165) is 12.1 Å². The summed E-state index contributed by atoms with van der Waals surface area (Å²) in [6.07, 6.45) is 4.62. The molecule has 2 fully saturated rings. The van der Waals surface area contributed by atoms with Crippen LogP contribution in [-0.4, -0.2) is 31.1 Å². The van der Waals surface area contributed by atoms with Gasteiger partial charge in [0, 0.05) is 30.6 Å². The molecule has 0 aliphatic carbocycles. The van der Waals surface area contributed by atoms with Crippen molar-refractivity contribution in [1.29, 1.82) is 0 Å². The molecule has 3 heterocycles. The molecule has 0 amide bonds. The van der Waals surface area contributed by atoms with Crippen molar-refractivity contribution in [1.82, 2.24) is 10.2 Å². The summed E-state index contributed by atoms with van der Waals surface area (Å²) in [5.74, 6) is 0. The summed E-state index contributed by atoms with van der Waals surface area (Å²) >= 11 is 0. The molecule has 108 valence electrons. The van der Waals surface area contributed by atoms with Gasteiger partial charge in [0.25, 0.3) is 0 Å². The van der Waals surface area contributed by atoms with Gasteiger partial charge in [-0.3, -0.25) is 4.90 Å². The van der Waals surface area contributed by atoms with Crippen LogP contribution in [0.1, 0.15) is 18.4 Å². The van der Waals surface area contributed by atoms with E-state index in [9.17, 15) is 0 Å². The normalized spacial score (nSPS) is 26.4. The molecule has 0 bridgehead atoms. The number of nitrogens with one attached hydrogen (secondary N) is 1. The lowest BCUT2D eigenvalue weighted by molar-refractivity contribution is 0.268. The summed E-state index contributed by atoms with van der Waals surface area (Å²) in [6, 6.07) is 8.33. The standard InChI is InChI=1S/C16H20N2O.ClH/c1-2-4-15-14(3-1)13(10-19-15)9-18-8-6-16(12-18)5-7-17-11-16;/h1-4,10,17H,5-9,11-12H2;1H. The van der Waals surface area contributed by atoms with E-state index in [0.29, 0.717) is 5.41 Å². The van der Waals surface area contributed by atoms with Crippen molar-refractivity contribution in [3.05, 3.63) is 36.1 Å². The molecular formula is C16H21ClN2O. The van der Waals surface area contributed by atoms with Crippen LogP contribution in [0, 0.1) is 5.41 Å². The molecule has 4 rings (SSSR count). The summed E-state index contributed by atoms with van der Waals surface area (Å²) < 4.78 is 5.64. The number of para-hydroxylation sites is 1. The smallest absolute Gasteiger partial charge is 0.134 e. The Labute approximate surface area is 125 Å². The molecular weight excluding hydrogens is 272 g/mol. The Balaban J connectivity index is 0.00000121. The Morgan fingerprint density at radius 2 is 2.15 bits per heavy atom. The van der Waals surface area contributed by atoms with Gasteiger partial charge in [-0.15, -0.1) is 12.4 Å². The number of furan rings is 1. The maximum Gasteiger partial charge on any atom is 0.134 e. The molecule has 4 heteroatoms.